The molecule has 1 aliphatic rings. The van der Waals surface area contributed by atoms with Crippen molar-refractivity contribution in [3.63, 3.8) is 0 Å². The molecule has 1 aromatic rings. The second-order valence-corrected chi connectivity index (χ2v) is 6.96. The summed E-state index contributed by atoms with van der Waals surface area (Å²) in [5.74, 6) is 0.653. The molecule has 110 valence electrons. The molecule has 0 saturated carbocycles. The number of hydrogen-bond acceptors (Lipinski definition) is 2. The molecule has 1 amide bonds. The van der Waals surface area contributed by atoms with Crippen molar-refractivity contribution in [3.05, 3.63) is 35.9 Å². The van der Waals surface area contributed by atoms with Gasteiger partial charge in [-0.15, -0.1) is 0 Å². The van der Waals surface area contributed by atoms with Crippen LogP contribution >= 0.6 is 0 Å². The highest BCUT2D eigenvalue weighted by Crippen LogP contribution is 2.31. The smallest absolute Gasteiger partial charge is 0.241 e. The molecule has 3 atom stereocenters. The average Bonchev–Trinajstić information content (AvgIpc) is 2.67. The van der Waals surface area contributed by atoms with Crippen LogP contribution in [0.25, 0.3) is 0 Å². The Kier molecular flexibility index (Phi) is 4.19. The lowest BCUT2D eigenvalue weighted by Crippen LogP contribution is -2.38. The van der Waals surface area contributed by atoms with Gasteiger partial charge in [-0.1, -0.05) is 58.0 Å². The molecule has 0 spiro atoms. The Morgan fingerprint density at radius 3 is 2.40 bits per heavy atom. The third-order valence-corrected chi connectivity index (χ3v) is 4.44. The summed E-state index contributed by atoms with van der Waals surface area (Å²) in [5, 5.41) is 3.40. The van der Waals surface area contributed by atoms with E-state index in [0.29, 0.717) is 5.92 Å². The van der Waals surface area contributed by atoms with Crippen molar-refractivity contribution in [1.29, 1.82) is 0 Å². The molecule has 1 aliphatic heterocycles. The zero-order chi connectivity index (χ0) is 14.9. The lowest BCUT2D eigenvalue weighted by Gasteiger charge is -2.33. The van der Waals surface area contributed by atoms with Gasteiger partial charge in [0.05, 0.1) is 6.04 Å². The van der Waals surface area contributed by atoms with Crippen LogP contribution in [-0.4, -0.2) is 23.4 Å². The van der Waals surface area contributed by atoms with Gasteiger partial charge in [-0.2, -0.15) is 0 Å². The van der Waals surface area contributed by atoms with Crippen molar-refractivity contribution in [3.8, 4) is 0 Å². The highest BCUT2D eigenvalue weighted by molar-refractivity contribution is 5.84. The van der Waals surface area contributed by atoms with Crippen LogP contribution < -0.4 is 5.32 Å². The molecular weight excluding hydrogens is 248 g/mol. The zero-order valence-electron chi connectivity index (χ0n) is 13.2. The van der Waals surface area contributed by atoms with Crippen LogP contribution in [0.4, 0.5) is 0 Å². The van der Waals surface area contributed by atoms with Crippen LogP contribution in [0.1, 0.15) is 46.3 Å². The zero-order valence-corrected chi connectivity index (χ0v) is 13.2. The minimum absolute atomic E-state index is 0.00324. The Morgan fingerprint density at radius 1 is 1.25 bits per heavy atom. The Labute approximate surface area is 122 Å². The quantitative estimate of drug-likeness (QED) is 0.918. The molecule has 3 nitrogen and oxygen atoms in total. The maximum absolute atomic E-state index is 12.4. The molecule has 1 N–H and O–H groups in total. The summed E-state index contributed by atoms with van der Waals surface area (Å²) in [6.07, 6.45) is 0.00324. The molecule has 1 saturated heterocycles. The number of nitrogens with zero attached hydrogens (tertiary/aromatic N) is 1. The topological polar surface area (TPSA) is 32.3 Å². The van der Waals surface area contributed by atoms with Gasteiger partial charge >= 0.3 is 0 Å². The number of benzene rings is 1. The fourth-order valence-corrected chi connectivity index (χ4v) is 2.45. The van der Waals surface area contributed by atoms with Gasteiger partial charge in [-0.3, -0.25) is 10.1 Å². The van der Waals surface area contributed by atoms with Crippen molar-refractivity contribution < 1.29 is 4.79 Å². The average molecular weight is 274 g/mol. The summed E-state index contributed by atoms with van der Waals surface area (Å²) in [6.45, 7) is 11.6. The number of rotatable bonds is 3. The van der Waals surface area contributed by atoms with E-state index in [-0.39, 0.29) is 23.5 Å². The van der Waals surface area contributed by atoms with Gasteiger partial charge < -0.3 is 4.90 Å². The lowest BCUT2D eigenvalue weighted by molar-refractivity contribution is -0.130. The first-order chi connectivity index (χ1) is 9.30. The number of carbonyl (C=O) groups excluding carboxylic acids is 1. The van der Waals surface area contributed by atoms with Gasteiger partial charge in [0, 0.05) is 6.54 Å². The van der Waals surface area contributed by atoms with Crippen molar-refractivity contribution in [2.24, 2.45) is 11.3 Å². The Balaban J connectivity index is 2.21. The highest BCUT2D eigenvalue weighted by Gasteiger charge is 2.38. The van der Waals surface area contributed by atoms with Crippen LogP contribution in [0.15, 0.2) is 30.3 Å². The summed E-state index contributed by atoms with van der Waals surface area (Å²) in [4.78, 5) is 14.4. The fraction of sp³-hybridized carbons (Fsp3) is 0.588. The number of hydrogen-bond donors (Lipinski definition) is 1. The minimum Gasteiger partial charge on any atom is -0.321 e. The molecule has 0 aromatic heterocycles. The number of amides is 1. The van der Waals surface area contributed by atoms with Gasteiger partial charge in [0.2, 0.25) is 5.91 Å². The van der Waals surface area contributed by atoms with Crippen LogP contribution in [0.3, 0.4) is 0 Å². The van der Waals surface area contributed by atoms with E-state index in [2.05, 4.69) is 45.1 Å². The predicted octanol–water partition coefficient (Wildman–Crippen LogP) is 3.19. The lowest BCUT2D eigenvalue weighted by atomic mass is 9.81. The largest absolute Gasteiger partial charge is 0.321 e. The molecule has 1 aromatic carbocycles. The molecule has 1 fully saturated rings. The fourth-order valence-electron chi connectivity index (χ4n) is 2.45. The first-order valence-corrected chi connectivity index (χ1v) is 7.42. The third-order valence-electron chi connectivity index (χ3n) is 4.44. The van der Waals surface area contributed by atoms with E-state index in [9.17, 15) is 4.79 Å². The van der Waals surface area contributed by atoms with Crippen LogP contribution in [0.5, 0.6) is 0 Å². The second kappa shape index (κ2) is 5.57. The van der Waals surface area contributed by atoms with E-state index in [1.165, 1.54) is 0 Å². The monoisotopic (exact) mass is 274 g/mol. The van der Waals surface area contributed by atoms with E-state index in [1.807, 2.05) is 30.0 Å². The van der Waals surface area contributed by atoms with Gasteiger partial charge in [-0.25, -0.2) is 0 Å². The Hall–Kier alpha value is -1.35. The predicted molar refractivity (Wildman–Crippen MR) is 82.1 cm³/mol. The molecule has 3 unspecified atom stereocenters. The maximum Gasteiger partial charge on any atom is 0.241 e. The number of nitrogens with one attached hydrogen (secondary N) is 1. The summed E-state index contributed by atoms with van der Waals surface area (Å²) in [6, 6.07) is 10.1. The minimum atomic E-state index is -0.104. The first kappa shape index (κ1) is 15.0. The normalized spacial score (nSPS) is 25.1. The number of carbonyl (C=O) groups is 1. The van der Waals surface area contributed by atoms with Crippen molar-refractivity contribution in [2.45, 2.75) is 46.8 Å². The standard InChI is InChI=1S/C17H26N2O/c1-12(17(3,4)5)11-19-15(18-13(2)16(19)20)14-9-7-6-8-10-14/h6-10,12-13,15,18H,11H2,1-5H3. The van der Waals surface area contributed by atoms with Gasteiger partial charge in [0.25, 0.3) is 0 Å². The first-order valence-electron chi connectivity index (χ1n) is 7.42. The van der Waals surface area contributed by atoms with Crippen LogP contribution in [0, 0.1) is 11.3 Å². The van der Waals surface area contributed by atoms with E-state index in [1.54, 1.807) is 0 Å². The molecule has 2 rings (SSSR count). The second-order valence-electron chi connectivity index (χ2n) is 6.96. The van der Waals surface area contributed by atoms with Crippen molar-refractivity contribution >= 4 is 5.91 Å². The van der Waals surface area contributed by atoms with E-state index in [4.69, 9.17) is 0 Å². The maximum atomic E-state index is 12.4. The Morgan fingerprint density at radius 2 is 1.85 bits per heavy atom. The molecule has 20 heavy (non-hydrogen) atoms. The van der Waals surface area contributed by atoms with Gasteiger partial charge in [-0.05, 0) is 23.8 Å². The molecular formula is C17H26N2O. The summed E-state index contributed by atoms with van der Waals surface area (Å²) < 4.78 is 0. The molecule has 0 radical (unpaired) electrons. The van der Waals surface area contributed by atoms with E-state index >= 15 is 0 Å². The SMILES string of the molecule is CC1NC(c2ccccc2)N(CC(C)C(C)(C)C)C1=O. The van der Waals surface area contributed by atoms with Crippen molar-refractivity contribution in [2.75, 3.05) is 6.54 Å². The van der Waals surface area contributed by atoms with E-state index < -0.39 is 0 Å². The third kappa shape index (κ3) is 3.04. The van der Waals surface area contributed by atoms with Crippen molar-refractivity contribution in [1.82, 2.24) is 10.2 Å². The summed E-state index contributed by atoms with van der Waals surface area (Å²) >= 11 is 0. The van der Waals surface area contributed by atoms with Crippen LogP contribution in [-0.2, 0) is 4.79 Å². The van der Waals surface area contributed by atoms with Gasteiger partial charge in [0.1, 0.15) is 6.17 Å². The van der Waals surface area contributed by atoms with Crippen LogP contribution in [0.2, 0.25) is 0 Å². The highest BCUT2D eigenvalue weighted by atomic mass is 16.2. The summed E-state index contributed by atoms with van der Waals surface area (Å²) in [5.41, 5.74) is 1.36. The molecule has 0 aliphatic carbocycles. The molecule has 3 heteroatoms. The van der Waals surface area contributed by atoms with Gasteiger partial charge in [0.15, 0.2) is 0 Å². The Bertz CT molecular complexity index is 464. The molecule has 1 heterocycles. The molecule has 0 bridgehead atoms. The summed E-state index contributed by atoms with van der Waals surface area (Å²) in [7, 11) is 0. The van der Waals surface area contributed by atoms with E-state index in [0.717, 1.165) is 12.1 Å².